The Morgan fingerprint density at radius 3 is 2.36 bits per heavy atom. The van der Waals surface area contributed by atoms with Crippen LogP contribution in [-0.4, -0.2) is 60.3 Å². The van der Waals surface area contributed by atoms with Gasteiger partial charge in [0.05, 0.1) is 13.2 Å². The number of carbonyl (C=O) groups is 1. The fourth-order valence-electron chi connectivity index (χ4n) is 4.29. The van der Waals surface area contributed by atoms with Gasteiger partial charge in [-0.15, -0.1) is 13.2 Å². The summed E-state index contributed by atoms with van der Waals surface area (Å²) in [6.07, 6.45) is -3.15. The molecule has 5 rings (SSSR count). The Bertz CT molecular complexity index is 1520. The second kappa shape index (κ2) is 12.4. The summed E-state index contributed by atoms with van der Waals surface area (Å²) in [5.41, 5.74) is 2.23. The van der Waals surface area contributed by atoms with Gasteiger partial charge in [-0.25, -0.2) is 14.8 Å². The number of rotatable bonds is 10. The van der Waals surface area contributed by atoms with E-state index in [2.05, 4.69) is 19.6 Å². The number of hydrogen-bond donors (Lipinski definition) is 1. The van der Waals surface area contributed by atoms with Gasteiger partial charge in [-0.2, -0.15) is 0 Å². The summed E-state index contributed by atoms with van der Waals surface area (Å²) < 4.78 is 64.5. The molecule has 1 fully saturated rings. The van der Waals surface area contributed by atoms with Crippen molar-refractivity contribution >= 4 is 11.8 Å². The van der Waals surface area contributed by atoms with E-state index in [0.717, 1.165) is 18.9 Å². The van der Waals surface area contributed by atoms with Crippen LogP contribution in [0.3, 0.4) is 0 Å². The number of carboxylic acids is 1. The highest BCUT2D eigenvalue weighted by atomic mass is 19.4. The van der Waals surface area contributed by atoms with Crippen LogP contribution in [0.25, 0.3) is 22.6 Å². The van der Waals surface area contributed by atoms with Gasteiger partial charge in [0.1, 0.15) is 28.8 Å². The average Bonchev–Trinajstić information content (AvgIpc) is 3.40. The van der Waals surface area contributed by atoms with E-state index in [9.17, 15) is 18.0 Å². The number of ether oxygens (including phenoxy) is 4. The maximum Gasteiger partial charge on any atom is 0.573 e. The lowest BCUT2D eigenvalue weighted by molar-refractivity contribution is -0.274. The maximum atomic E-state index is 12.7. The molecule has 3 heterocycles. The number of nitrogens with zero attached hydrogens (tertiary/aromatic N) is 3. The van der Waals surface area contributed by atoms with Gasteiger partial charge in [0.15, 0.2) is 19.0 Å². The molecule has 0 amide bonds. The molecular formula is C29H26F3N3O7. The van der Waals surface area contributed by atoms with Gasteiger partial charge in [0.25, 0.3) is 0 Å². The second-order valence-corrected chi connectivity index (χ2v) is 9.26. The largest absolute Gasteiger partial charge is 0.573 e. The molecule has 4 aromatic rings. The van der Waals surface area contributed by atoms with Crippen molar-refractivity contribution in [2.45, 2.75) is 19.9 Å². The summed E-state index contributed by atoms with van der Waals surface area (Å²) in [5, 5.41) is 8.82. The first-order chi connectivity index (χ1) is 20.1. The van der Waals surface area contributed by atoms with Gasteiger partial charge < -0.3 is 33.4 Å². The third-order valence-corrected chi connectivity index (χ3v) is 6.24. The number of morpholine rings is 1. The van der Waals surface area contributed by atoms with Gasteiger partial charge in [-0.05, 0) is 67.1 Å². The first-order valence-electron chi connectivity index (χ1n) is 12.9. The molecule has 0 bridgehead atoms. The molecule has 13 heteroatoms. The van der Waals surface area contributed by atoms with Crippen molar-refractivity contribution in [3.05, 3.63) is 72.2 Å². The number of halogens is 3. The van der Waals surface area contributed by atoms with E-state index in [-0.39, 0.29) is 18.2 Å². The molecule has 0 saturated carbocycles. The Hall–Kier alpha value is -4.78. The number of aryl methyl sites for hydroxylation is 1. The Kier molecular flexibility index (Phi) is 8.48. The molecule has 0 radical (unpaired) electrons. The molecule has 220 valence electrons. The van der Waals surface area contributed by atoms with E-state index in [0.29, 0.717) is 52.9 Å². The molecule has 10 nitrogen and oxygen atoms in total. The molecule has 1 N–H and O–H groups in total. The predicted molar refractivity (Wildman–Crippen MR) is 144 cm³/mol. The maximum absolute atomic E-state index is 12.7. The van der Waals surface area contributed by atoms with Gasteiger partial charge in [-0.1, -0.05) is 0 Å². The highest BCUT2D eigenvalue weighted by molar-refractivity contribution is 5.77. The van der Waals surface area contributed by atoms with Crippen LogP contribution in [-0.2, 0) is 16.1 Å². The van der Waals surface area contributed by atoms with Crippen molar-refractivity contribution in [1.29, 1.82) is 0 Å². The van der Waals surface area contributed by atoms with Crippen LogP contribution in [0, 0.1) is 6.92 Å². The standard InChI is InChI=1S/C29H26F3N3O7/c1-18-14-22(7-8-23(18)40-17-26(36)37)39-16-25-34-27(20-4-9-24(33-15-20)35-10-12-38-13-11-35)28(41-25)19-2-5-21(6-3-19)42-29(30,31)32/h2-9,14-15H,10-13,16-17H2,1H3,(H,36,37). The molecule has 1 saturated heterocycles. The zero-order valence-corrected chi connectivity index (χ0v) is 22.4. The fourth-order valence-corrected chi connectivity index (χ4v) is 4.29. The number of benzene rings is 2. The van der Waals surface area contributed by atoms with E-state index in [1.165, 1.54) is 24.3 Å². The third-order valence-electron chi connectivity index (χ3n) is 6.24. The average molecular weight is 586 g/mol. The molecule has 2 aromatic carbocycles. The van der Waals surface area contributed by atoms with Crippen LogP contribution in [0.5, 0.6) is 17.2 Å². The summed E-state index contributed by atoms with van der Waals surface area (Å²) in [6.45, 7) is 3.91. The van der Waals surface area contributed by atoms with E-state index >= 15 is 0 Å². The smallest absolute Gasteiger partial charge is 0.484 e. The van der Waals surface area contributed by atoms with Gasteiger partial charge >= 0.3 is 12.3 Å². The van der Waals surface area contributed by atoms with Crippen molar-refractivity contribution in [3.8, 4) is 39.8 Å². The van der Waals surface area contributed by atoms with E-state index in [1.807, 2.05) is 12.1 Å². The topological polar surface area (TPSA) is 116 Å². The Labute approximate surface area is 238 Å². The first kappa shape index (κ1) is 28.7. The van der Waals surface area contributed by atoms with Crippen LogP contribution in [0.4, 0.5) is 19.0 Å². The Morgan fingerprint density at radius 1 is 1.00 bits per heavy atom. The quantitative estimate of drug-likeness (QED) is 0.256. The summed E-state index contributed by atoms with van der Waals surface area (Å²) >= 11 is 0. The van der Waals surface area contributed by atoms with Gasteiger partial charge in [0.2, 0.25) is 5.89 Å². The lowest BCUT2D eigenvalue weighted by Crippen LogP contribution is -2.36. The molecule has 42 heavy (non-hydrogen) atoms. The molecule has 1 aliphatic heterocycles. The molecule has 1 aliphatic rings. The van der Waals surface area contributed by atoms with Crippen LogP contribution in [0.15, 0.2) is 65.2 Å². The molecule has 2 aromatic heterocycles. The zero-order valence-electron chi connectivity index (χ0n) is 22.4. The van der Waals surface area contributed by atoms with Crippen LogP contribution < -0.4 is 19.1 Å². The van der Waals surface area contributed by atoms with Crippen LogP contribution in [0.2, 0.25) is 0 Å². The normalized spacial score (nSPS) is 13.6. The fraction of sp³-hybridized carbons (Fsp3) is 0.276. The van der Waals surface area contributed by atoms with Crippen molar-refractivity contribution in [1.82, 2.24) is 9.97 Å². The number of anilines is 1. The van der Waals surface area contributed by atoms with Crippen molar-refractivity contribution in [2.24, 2.45) is 0 Å². The van der Waals surface area contributed by atoms with Gasteiger partial charge in [0, 0.05) is 30.4 Å². The number of carboxylic acid groups (broad SMARTS) is 1. The second-order valence-electron chi connectivity index (χ2n) is 9.26. The monoisotopic (exact) mass is 585 g/mol. The van der Waals surface area contributed by atoms with E-state index < -0.39 is 18.9 Å². The summed E-state index contributed by atoms with van der Waals surface area (Å²) in [6, 6.07) is 13.9. The highest BCUT2D eigenvalue weighted by Crippen LogP contribution is 2.35. The number of aromatic nitrogens is 2. The molecule has 0 spiro atoms. The predicted octanol–water partition coefficient (Wildman–Crippen LogP) is 5.49. The summed E-state index contributed by atoms with van der Waals surface area (Å²) in [4.78, 5) is 22.1. The summed E-state index contributed by atoms with van der Waals surface area (Å²) in [5.74, 6) is 0.768. The minimum absolute atomic E-state index is 0.0592. The molecule has 0 aliphatic carbocycles. The number of hydrogen-bond acceptors (Lipinski definition) is 9. The van der Waals surface area contributed by atoms with E-state index in [4.69, 9.17) is 23.7 Å². The third kappa shape index (κ3) is 7.29. The number of alkyl halides is 3. The van der Waals surface area contributed by atoms with Crippen molar-refractivity contribution in [3.63, 3.8) is 0 Å². The first-order valence-corrected chi connectivity index (χ1v) is 12.9. The lowest BCUT2D eigenvalue weighted by Gasteiger charge is -2.27. The highest BCUT2D eigenvalue weighted by Gasteiger charge is 2.31. The minimum Gasteiger partial charge on any atom is -0.484 e. The van der Waals surface area contributed by atoms with Crippen LogP contribution in [0.1, 0.15) is 11.5 Å². The molecular weight excluding hydrogens is 559 g/mol. The van der Waals surface area contributed by atoms with Crippen LogP contribution >= 0.6 is 0 Å². The molecule has 0 unspecified atom stereocenters. The molecule has 0 atom stereocenters. The van der Waals surface area contributed by atoms with Crippen molar-refractivity contribution in [2.75, 3.05) is 37.8 Å². The van der Waals surface area contributed by atoms with Crippen molar-refractivity contribution < 1.29 is 46.4 Å². The zero-order chi connectivity index (χ0) is 29.7. The number of aliphatic carboxylic acids is 1. The lowest BCUT2D eigenvalue weighted by atomic mass is 10.1. The van der Waals surface area contributed by atoms with E-state index in [1.54, 1.807) is 31.3 Å². The minimum atomic E-state index is -4.81. The number of oxazole rings is 1. The SMILES string of the molecule is Cc1cc(OCc2nc(-c3ccc(N4CCOCC4)nc3)c(-c3ccc(OC(F)(F)F)cc3)o2)ccc1OCC(=O)O. The Morgan fingerprint density at radius 2 is 1.71 bits per heavy atom. The number of pyridine rings is 1. The van der Waals surface area contributed by atoms with Gasteiger partial charge in [-0.3, -0.25) is 0 Å². The Balaban J connectivity index is 1.39. The summed E-state index contributed by atoms with van der Waals surface area (Å²) in [7, 11) is 0.